The zero-order valence-corrected chi connectivity index (χ0v) is 16.4. The SMILES string of the molecule is CC(Br)C#Cc1ccc(OC2CC(Oc3ccc(Br)cc3)C2)cn1. The molecule has 1 saturated carbocycles. The van der Waals surface area contributed by atoms with Gasteiger partial charge in [0.05, 0.1) is 11.0 Å². The Morgan fingerprint density at radius 3 is 2.25 bits per heavy atom. The van der Waals surface area contributed by atoms with E-state index in [1.165, 1.54) is 0 Å². The molecule has 1 unspecified atom stereocenters. The van der Waals surface area contributed by atoms with E-state index in [1.54, 1.807) is 6.20 Å². The molecule has 5 heteroatoms. The molecule has 1 fully saturated rings. The van der Waals surface area contributed by atoms with Crippen LogP contribution in [-0.4, -0.2) is 22.0 Å². The first-order valence-electron chi connectivity index (χ1n) is 7.79. The van der Waals surface area contributed by atoms with Crippen LogP contribution < -0.4 is 9.47 Å². The third-order valence-electron chi connectivity index (χ3n) is 3.61. The van der Waals surface area contributed by atoms with Gasteiger partial charge in [-0.05, 0) is 49.2 Å². The molecule has 24 heavy (non-hydrogen) atoms. The molecular formula is C19H17Br2NO2. The Morgan fingerprint density at radius 2 is 1.67 bits per heavy atom. The number of ether oxygens (including phenoxy) is 2. The number of rotatable bonds is 4. The molecule has 0 N–H and O–H groups in total. The summed E-state index contributed by atoms with van der Waals surface area (Å²) in [5.41, 5.74) is 0.749. The second-order valence-electron chi connectivity index (χ2n) is 5.67. The molecule has 0 amide bonds. The summed E-state index contributed by atoms with van der Waals surface area (Å²) in [5.74, 6) is 7.70. The highest BCUT2D eigenvalue weighted by Gasteiger charge is 2.32. The van der Waals surface area contributed by atoms with E-state index in [9.17, 15) is 0 Å². The van der Waals surface area contributed by atoms with Gasteiger partial charge < -0.3 is 9.47 Å². The molecule has 1 heterocycles. The molecule has 124 valence electrons. The first-order valence-corrected chi connectivity index (χ1v) is 9.50. The Bertz CT molecular complexity index is 727. The van der Waals surface area contributed by atoms with Crippen molar-refractivity contribution < 1.29 is 9.47 Å². The molecule has 1 aliphatic rings. The van der Waals surface area contributed by atoms with Gasteiger partial charge in [0.2, 0.25) is 0 Å². The quantitative estimate of drug-likeness (QED) is 0.486. The van der Waals surface area contributed by atoms with E-state index < -0.39 is 0 Å². The van der Waals surface area contributed by atoms with E-state index in [1.807, 2.05) is 43.3 Å². The summed E-state index contributed by atoms with van der Waals surface area (Å²) in [7, 11) is 0. The lowest BCUT2D eigenvalue weighted by molar-refractivity contribution is 0.00437. The van der Waals surface area contributed by atoms with Crippen LogP contribution in [0.15, 0.2) is 47.1 Å². The van der Waals surface area contributed by atoms with Gasteiger partial charge in [-0.1, -0.05) is 37.8 Å². The van der Waals surface area contributed by atoms with Gasteiger partial charge >= 0.3 is 0 Å². The van der Waals surface area contributed by atoms with Crippen LogP contribution in [0, 0.1) is 11.8 Å². The number of benzene rings is 1. The second kappa shape index (κ2) is 8.04. The number of alkyl halides is 1. The monoisotopic (exact) mass is 449 g/mol. The molecule has 2 aromatic rings. The van der Waals surface area contributed by atoms with E-state index in [-0.39, 0.29) is 17.0 Å². The van der Waals surface area contributed by atoms with Gasteiger partial charge in [0.15, 0.2) is 0 Å². The zero-order chi connectivity index (χ0) is 16.9. The lowest BCUT2D eigenvalue weighted by Crippen LogP contribution is -2.41. The fraction of sp³-hybridized carbons (Fsp3) is 0.316. The van der Waals surface area contributed by atoms with Crippen molar-refractivity contribution in [2.24, 2.45) is 0 Å². The van der Waals surface area contributed by atoms with E-state index in [0.717, 1.165) is 34.5 Å². The van der Waals surface area contributed by atoms with E-state index in [0.29, 0.717) is 0 Å². The summed E-state index contributed by atoms with van der Waals surface area (Å²) < 4.78 is 12.9. The molecular weight excluding hydrogens is 434 g/mol. The maximum atomic E-state index is 5.91. The minimum Gasteiger partial charge on any atom is -0.490 e. The largest absolute Gasteiger partial charge is 0.490 e. The summed E-state index contributed by atoms with van der Waals surface area (Å²) >= 11 is 6.81. The Morgan fingerprint density at radius 1 is 1.04 bits per heavy atom. The lowest BCUT2D eigenvalue weighted by atomic mass is 9.92. The predicted octanol–water partition coefficient (Wildman–Crippen LogP) is 4.97. The Hall–Kier alpha value is -1.51. The van der Waals surface area contributed by atoms with E-state index in [4.69, 9.17) is 9.47 Å². The van der Waals surface area contributed by atoms with Crippen LogP contribution in [0.25, 0.3) is 0 Å². The fourth-order valence-electron chi connectivity index (χ4n) is 2.31. The van der Waals surface area contributed by atoms with E-state index >= 15 is 0 Å². The predicted molar refractivity (Wildman–Crippen MR) is 102 cm³/mol. The third-order valence-corrected chi connectivity index (χ3v) is 4.36. The topological polar surface area (TPSA) is 31.4 Å². The summed E-state index contributed by atoms with van der Waals surface area (Å²) in [4.78, 5) is 4.46. The number of halogens is 2. The fourth-order valence-corrected chi connectivity index (χ4v) is 2.68. The maximum absolute atomic E-state index is 5.91. The average molecular weight is 451 g/mol. The molecule has 1 aromatic heterocycles. The number of pyridine rings is 1. The van der Waals surface area contributed by atoms with Crippen molar-refractivity contribution in [2.45, 2.75) is 36.8 Å². The van der Waals surface area contributed by atoms with Crippen LogP contribution in [0.5, 0.6) is 11.5 Å². The van der Waals surface area contributed by atoms with Crippen LogP contribution >= 0.6 is 31.9 Å². The van der Waals surface area contributed by atoms with Crippen LogP contribution in [0.1, 0.15) is 25.5 Å². The Balaban J connectivity index is 1.45. The standard InChI is InChI=1S/C19H17Br2NO2/c1-13(20)2-5-15-6-9-17(12-22-15)24-19-10-18(11-19)23-16-7-3-14(21)4-8-16/h3-4,6-9,12-13,18-19H,10-11H2,1H3. The highest BCUT2D eigenvalue weighted by molar-refractivity contribution is 9.10. The van der Waals surface area contributed by atoms with Gasteiger partial charge in [-0.25, -0.2) is 4.98 Å². The van der Waals surface area contributed by atoms with Crippen molar-refractivity contribution in [3.63, 3.8) is 0 Å². The van der Waals surface area contributed by atoms with Crippen LogP contribution in [0.4, 0.5) is 0 Å². The smallest absolute Gasteiger partial charge is 0.138 e. The Labute approximate surface area is 159 Å². The molecule has 0 aliphatic heterocycles. The van der Waals surface area contributed by atoms with Gasteiger partial charge in [-0.2, -0.15) is 0 Å². The molecule has 1 aliphatic carbocycles. The summed E-state index contributed by atoms with van der Waals surface area (Å²) in [6.45, 7) is 1.98. The number of aromatic nitrogens is 1. The van der Waals surface area contributed by atoms with Gasteiger partial charge in [0.25, 0.3) is 0 Å². The molecule has 1 aromatic carbocycles. The molecule has 3 rings (SSSR count). The number of hydrogen-bond donors (Lipinski definition) is 0. The van der Waals surface area contributed by atoms with Crippen LogP contribution in [0.3, 0.4) is 0 Å². The van der Waals surface area contributed by atoms with Crippen molar-refractivity contribution in [2.75, 3.05) is 0 Å². The van der Waals surface area contributed by atoms with Crippen LogP contribution in [-0.2, 0) is 0 Å². The molecule has 0 radical (unpaired) electrons. The first kappa shape index (κ1) is 17.3. The van der Waals surface area contributed by atoms with Gasteiger partial charge in [-0.15, -0.1) is 0 Å². The summed E-state index contributed by atoms with van der Waals surface area (Å²) in [6.07, 6.45) is 3.91. The molecule has 3 nitrogen and oxygen atoms in total. The molecule has 0 spiro atoms. The van der Waals surface area contributed by atoms with Crippen molar-refractivity contribution >= 4 is 31.9 Å². The third kappa shape index (κ3) is 4.99. The molecule has 1 atom stereocenters. The maximum Gasteiger partial charge on any atom is 0.138 e. The van der Waals surface area contributed by atoms with Crippen molar-refractivity contribution in [1.82, 2.24) is 4.98 Å². The number of hydrogen-bond acceptors (Lipinski definition) is 3. The first-order chi connectivity index (χ1) is 11.6. The summed E-state index contributed by atoms with van der Waals surface area (Å²) in [6, 6.07) is 11.7. The average Bonchev–Trinajstić information content (AvgIpc) is 2.54. The number of nitrogens with zero attached hydrogens (tertiary/aromatic N) is 1. The second-order valence-corrected chi connectivity index (χ2v) is 7.96. The van der Waals surface area contributed by atoms with Crippen molar-refractivity contribution in [1.29, 1.82) is 0 Å². The van der Waals surface area contributed by atoms with E-state index in [2.05, 4.69) is 48.7 Å². The normalized spacial score (nSPS) is 20.3. The van der Waals surface area contributed by atoms with Gasteiger partial charge in [0.1, 0.15) is 29.4 Å². The van der Waals surface area contributed by atoms with Gasteiger partial charge in [-0.3, -0.25) is 0 Å². The summed E-state index contributed by atoms with van der Waals surface area (Å²) in [5, 5.41) is 0. The Kier molecular flexibility index (Phi) is 5.80. The highest BCUT2D eigenvalue weighted by atomic mass is 79.9. The lowest BCUT2D eigenvalue weighted by Gasteiger charge is -2.35. The van der Waals surface area contributed by atoms with Crippen LogP contribution in [0.2, 0.25) is 0 Å². The molecule has 0 saturated heterocycles. The van der Waals surface area contributed by atoms with Crippen molar-refractivity contribution in [3.8, 4) is 23.3 Å². The minimum atomic E-state index is 0.160. The highest BCUT2D eigenvalue weighted by Crippen LogP contribution is 2.30. The van der Waals surface area contributed by atoms with Crippen molar-refractivity contribution in [3.05, 3.63) is 52.8 Å². The molecule has 0 bridgehead atoms. The van der Waals surface area contributed by atoms with Gasteiger partial charge in [0, 0.05) is 17.3 Å². The minimum absolute atomic E-state index is 0.160. The zero-order valence-electron chi connectivity index (χ0n) is 13.2.